The van der Waals surface area contributed by atoms with Crippen molar-refractivity contribution in [3.05, 3.63) is 0 Å². The summed E-state index contributed by atoms with van der Waals surface area (Å²) < 4.78 is 0. The number of nitrogens with two attached hydrogens (primary N) is 1. The predicted molar refractivity (Wildman–Crippen MR) is 61.1 cm³/mol. The number of hydrogen-bond donors (Lipinski definition) is 2. The highest BCUT2D eigenvalue weighted by atomic mass is 16.4. The van der Waals surface area contributed by atoms with Crippen LogP contribution in [0.5, 0.6) is 0 Å². The van der Waals surface area contributed by atoms with Gasteiger partial charge in [-0.2, -0.15) is 0 Å². The van der Waals surface area contributed by atoms with Gasteiger partial charge < -0.3 is 15.8 Å². The van der Waals surface area contributed by atoms with Crippen LogP contribution >= 0.6 is 0 Å². The van der Waals surface area contributed by atoms with Gasteiger partial charge in [0, 0.05) is 32.7 Å². The van der Waals surface area contributed by atoms with Crippen LogP contribution in [-0.2, 0) is 0 Å². The second-order valence-electron chi connectivity index (χ2n) is 4.56. The number of piperazine rings is 1. The van der Waals surface area contributed by atoms with Crippen molar-refractivity contribution >= 4 is 5.84 Å². The molecule has 0 amide bonds. The molecule has 0 radical (unpaired) electrons. The lowest BCUT2D eigenvalue weighted by molar-refractivity contribution is 0.133. The third-order valence-corrected chi connectivity index (χ3v) is 2.60. The Bertz CT molecular complexity index is 209. The van der Waals surface area contributed by atoms with Crippen molar-refractivity contribution in [2.75, 3.05) is 39.3 Å². The number of nitrogens with zero attached hydrogens (tertiary/aromatic N) is 3. The smallest absolute Gasteiger partial charge is 0.153 e. The molecule has 0 bridgehead atoms. The summed E-state index contributed by atoms with van der Waals surface area (Å²) in [5.74, 6) is 1.02. The van der Waals surface area contributed by atoms with Crippen molar-refractivity contribution in [3.63, 3.8) is 0 Å². The summed E-state index contributed by atoms with van der Waals surface area (Å²) in [6, 6.07) is 0. The third kappa shape index (κ3) is 4.48. The Kier molecular flexibility index (Phi) is 4.84. The molecule has 0 unspecified atom stereocenters. The fraction of sp³-hybridized carbons (Fsp3) is 0.900. The first-order chi connectivity index (χ1) is 7.11. The van der Waals surface area contributed by atoms with E-state index in [1.54, 1.807) is 0 Å². The fourth-order valence-electron chi connectivity index (χ4n) is 1.91. The molecule has 0 aromatic rings. The maximum atomic E-state index is 8.46. The quantitative estimate of drug-likeness (QED) is 0.299. The van der Waals surface area contributed by atoms with Gasteiger partial charge >= 0.3 is 0 Å². The van der Waals surface area contributed by atoms with Crippen LogP contribution in [0, 0.1) is 5.92 Å². The molecule has 0 aromatic carbocycles. The molecule has 0 saturated carbocycles. The minimum Gasteiger partial charge on any atom is -0.409 e. The van der Waals surface area contributed by atoms with E-state index in [-0.39, 0.29) is 0 Å². The Morgan fingerprint density at radius 3 is 2.27 bits per heavy atom. The molecular weight excluding hydrogens is 192 g/mol. The largest absolute Gasteiger partial charge is 0.409 e. The molecule has 0 atom stereocenters. The molecule has 1 saturated heterocycles. The van der Waals surface area contributed by atoms with E-state index in [1.807, 2.05) is 0 Å². The molecule has 3 N–H and O–H groups in total. The highest BCUT2D eigenvalue weighted by Crippen LogP contribution is 2.04. The third-order valence-electron chi connectivity index (χ3n) is 2.60. The standard InChI is InChI=1S/C10H22N4O/c1-9(2)7-13-3-5-14(6-4-13)8-10(11)12-15/h9,15H,3-8H2,1-2H3,(H2,11,12). The molecule has 0 aliphatic carbocycles. The molecule has 1 heterocycles. The van der Waals surface area contributed by atoms with Gasteiger partial charge in [0.2, 0.25) is 0 Å². The minimum absolute atomic E-state index is 0.298. The summed E-state index contributed by atoms with van der Waals surface area (Å²) in [6.45, 7) is 10.4. The van der Waals surface area contributed by atoms with Crippen molar-refractivity contribution in [1.29, 1.82) is 0 Å². The van der Waals surface area contributed by atoms with Gasteiger partial charge in [-0.15, -0.1) is 0 Å². The zero-order valence-corrected chi connectivity index (χ0v) is 9.69. The minimum atomic E-state index is 0.298. The lowest BCUT2D eigenvalue weighted by Crippen LogP contribution is -2.49. The second kappa shape index (κ2) is 5.92. The Morgan fingerprint density at radius 2 is 1.80 bits per heavy atom. The van der Waals surface area contributed by atoms with Gasteiger partial charge in [0.1, 0.15) is 0 Å². The van der Waals surface area contributed by atoms with Crippen LogP contribution < -0.4 is 5.73 Å². The SMILES string of the molecule is CC(C)CN1CCN(CC(N)=NO)CC1. The molecule has 1 rings (SSSR count). The molecule has 1 aliphatic rings. The zero-order chi connectivity index (χ0) is 11.3. The van der Waals surface area contributed by atoms with Gasteiger partial charge in [-0.25, -0.2) is 0 Å². The predicted octanol–water partition coefficient (Wildman–Crippen LogP) is 0.00640. The summed E-state index contributed by atoms with van der Waals surface area (Å²) in [5, 5.41) is 11.5. The van der Waals surface area contributed by atoms with Crippen LogP contribution in [-0.4, -0.2) is 60.1 Å². The van der Waals surface area contributed by atoms with Gasteiger partial charge in [0.05, 0.1) is 6.54 Å². The Hall–Kier alpha value is -0.810. The van der Waals surface area contributed by atoms with Gasteiger partial charge in [-0.05, 0) is 5.92 Å². The Balaban J connectivity index is 2.24. The first-order valence-electron chi connectivity index (χ1n) is 5.53. The van der Waals surface area contributed by atoms with Gasteiger partial charge in [-0.1, -0.05) is 19.0 Å². The van der Waals surface area contributed by atoms with E-state index in [2.05, 4.69) is 28.8 Å². The topological polar surface area (TPSA) is 65.1 Å². The summed E-state index contributed by atoms with van der Waals surface area (Å²) in [6.07, 6.45) is 0. The van der Waals surface area contributed by atoms with Crippen molar-refractivity contribution < 1.29 is 5.21 Å². The number of rotatable bonds is 4. The monoisotopic (exact) mass is 214 g/mol. The van der Waals surface area contributed by atoms with Crippen LogP contribution in [0.2, 0.25) is 0 Å². The van der Waals surface area contributed by atoms with Gasteiger partial charge in [0.15, 0.2) is 5.84 Å². The highest BCUT2D eigenvalue weighted by molar-refractivity contribution is 5.81. The Morgan fingerprint density at radius 1 is 1.27 bits per heavy atom. The molecule has 0 aromatic heterocycles. The number of amidine groups is 1. The molecule has 1 fully saturated rings. The Labute approximate surface area is 91.5 Å². The molecular formula is C10H22N4O. The average molecular weight is 214 g/mol. The first-order valence-corrected chi connectivity index (χ1v) is 5.53. The molecule has 15 heavy (non-hydrogen) atoms. The lowest BCUT2D eigenvalue weighted by Gasteiger charge is -2.35. The average Bonchev–Trinajstić information content (AvgIpc) is 2.20. The number of oxime groups is 1. The summed E-state index contributed by atoms with van der Waals surface area (Å²) in [5.41, 5.74) is 5.46. The fourth-order valence-corrected chi connectivity index (χ4v) is 1.91. The van der Waals surface area contributed by atoms with Crippen molar-refractivity contribution in [1.82, 2.24) is 9.80 Å². The van der Waals surface area contributed by atoms with Crippen LogP contribution in [0.25, 0.3) is 0 Å². The highest BCUT2D eigenvalue weighted by Gasteiger charge is 2.17. The second-order valence-corrected chi connectivity index (χ2v) is 4.56. The summed E-state index contributed by atoms with van der Waals surface area (Å²) in [4.78, 5) is 4.68. The maximum absolute atomic E-state index is 8.46. The van der Waals surface area contributed by atoms with E-state index in [9.17, 15) is 0 Å². The van der Waals surface area contributed by atoms with Crippen LogP contribution in [0.1, 0.15) is 13.8 Å². The van der Waals surface area contributed by atoms with E-state index in [4.69, 9.17) is 10.9 Å². The number of hydrogen-bond acceptors (Lipinski definition) is 4. The summed E-state index contributed by atoms with van der Waals surface area (Å²) in [7, 11) is 0. The van der Waals surface area contributed by atoms with Crippen molar-refractivity contribution in [2.24, 2.45) is 16.8 Å². The van der Waals surface area contributed by atoms with E-state index in [1.165, 1.54) is 0 Å². The van der Waals surface area contributed by atoms with Crippen molar-refractivity contribution in [3.8, 4) is 0 Å². The van der Waals surface area contributed by atoms with Crippen LogP contribution in [0.15, 0.2) is 5.16 Å². The van der Waals surface area contributed by atoms with E-state index >= 15 is 0 Å². The first kappa shape index (κ1) is 12.3. The molecule has 1 aliphatic heterocycles. The molecule has 88 valence electrons. The lowest BCUT2D eigenvalue weighted by atomic mass is 10.2. The van der Waals surface area contributed by atoms with Crippen molar-refractivity contribution in [2.45, 2.75) is 13.8 Å². The normalized spacial score (nSPS) is 21.1. The van der Waals surface area contributed by atoms with E-state index < -0.39 is 0 Å². The van der Waals surface area contributed by atoms with E-state index in [0.717, 1.165) is 38.6 Å². The van der Waals surface area contributed by atoms with E-state index in [0.29, 0.717) is 12.4 Å². The summed E-state index contributed by atoms with van der Waals surface area (Å²) >= 11 is 0. The van der Waals surface area contributed by atoms with Gasteiger partial charge in [-0.3, -0.25) is 4.90 Å². The van der Waals surface area contributed by atoms with Crippen LogP contribution in [0.4, 0.5) is 0 Å². The molecule has 5 heteroatoms. The molecule has 5 nitrogen and oxygen atoms in total. The molecule has 0 spiro atoms. The zero-order valence-electron chi connectivity index (χ0n) is 9.69. The van der Waals surface area contributed by atoms with Crippen LogP contribution in [0.3, 0.4) is 0 Å². The van der Waals surface area contributed by atoms with Gasteiger partial charge in [0.25, 0.3) is 0 Å². The maximum Gasteiger partial charge on any atom is 0.153 e.